The third-order valence-electron chi connectivity index (χ3n) is 4.84. The van der Waals surface area contributed by atoms with Gasteiger partial charge in [0.2, 0.25) is 11.8 Å². The van der Waals surface area contributed by atoms with Crippen molar-refractivity contribution in [1.82, 2.24) is 15.2 Å². The lowest BCUT2D eigenvalue weighted by Crippen LogP contribution is -2.43. The molecule has 2 amide bonds. The van der Waals surface area contributed by atoms with E-state index in [-0.39, 0.29) is 11.8 Å². The Morgan fingerprint density at radius 2 is 1.60 bits per heavy atom. The van der Waals surface area contributed by atoms with Crippen LogP contribution in [0.3, 0.4) is 0 Å². The molecule has 0 aliphatic carbocycles. The van der Waals surface area contributed by atoms with E-state index in [9.17, 15) is 9.59 Å². The van der Waals surface area contributed by atoms with Crippen molar-refractivity contribution in [3.63, 3.8) is 0 Å². The summed E-state index contributed by atoms with van der Waals surface area (Å²) in [5, 5.41) is 2.99. The lowest BCUT2D eigenvalue weighted by Gasteiger charge is -2.31. The Bertz CT molecular complexity index is 930. The van der Waals surface area contributed by atoms with E-state index in [4.69, 9.17) is 0 Å². The van der Waals surface area contributed by atoms with Crippen molar-refractivity contribution in [3.8, 4) is 0 Å². The smallest absolute Gasteiger partial charge is 0.247 e. The molecule has 0 saturated heterocycles. The predicted octanol–water partition coefficient (Wildman–Crippen LogP) is 4.27. The first kappa shape index (κ1) is 21.2. The van der Waals surface area contributed by atoms with Gasteiger partial charge in [0.25, 0.3) is 0 Å². The average Bonchev–Trinajstić information content (AvgIpc) is 2.79. The topological polar surface area (TPSA) is 62.3 Å². The van der Waals surface area contributed by atoms with Gasteiger partial charge in [-0.3, -0.25) is 14.6 Å². The molecule has 1 aromatic heterocycles. The van der Waals surface area contributed by atoms with Crippen molar-refractivity contribution in [2.75, 3.05) is 0 Å². The van der Waals surface area contributed by atoms with Crippen molar-refractivity contribution in [2.24, 2.45) is 0 Å². The summed E-state index contributed by atoms with van der Waals surface area (Å²) in [5.74, 6) is -0.239. The zero-order valence-corrected chi connectivity index (χ0v) is 17.2. The van der Waals surface area contributed by atoms with Gasteiger partial charge < -0.3 is 10.2 Å². The molecule has 154 valence electrons. The Kier molecular flexibility index (Phi) is 7.72. The maximum Gasteiger partial charge on any atom is 0.247 e. The molecule has 1 atom stereocenters. The van der Waals surface area contributed by atoms with Crippen LogP contribution in [0.25, 0.3) is 0 Å². The number of pyridine rings is 1. The van der Waals surface area contributed by atoms with Crippen LogP contribution in [0, 0.1) is 0 Å². The van der Waals surface area contributed by atoms with Crippen LogP contribution in [0.15, 0.2) is 85.2 Å². The number of nitrogens with zero attached hydrogens (tertiary/aromatic N) is 2. The monoisotopic (exact) mass is 401 g/mol. The first-order valence-corrected chi connectivity index (χ1v) is 10.2. The van der Waals surface area contributed by atoms with Crippen LogP contribution in [-0.4, -0.2) is 21.7 Å². The molecule has 30 heavy (non-hydrogen) atoms. The normalized spacial score (nSPS) is 11.5. The number of hydrogen-bond acceptors (Lipinski definition) is 3. The predicted molar refractivity (Wildman–Crippen MR) is 117 cm³/mol. The summed E-state index contributed by atoms with van der Waals surface area (Å²) >= 11 is 0. The van der Waals surface area contributed by atoms with Gasteiger partial charge in [-0.1, -0.05) is 73.7 Å². The van der Waals surface area contributed by atoms with Crippen LogP contribution in [0.2, 0.25) is 0 Å². The lowest BCUT2D eigenvalue weighted by atomic mass is 10.0. The second kappa shape index (κ2) is 10.9. The van der Waals surface area contributed by atoms with Gasteiger partial charge in [0.05, 0.1) is 0 Å². The van der Waals surface area contributed by atoms with E-state index >= 15 is 0 Å². The van der Waals surface area contributed by atoms with Crippen LogP contribution >= 0.6 is 0 Å². The van der Waals surface area contributed by atoms with Gasteiger partial charge in [0.1, 0.15) is 6.04 Å². The number of aromatic nitrogens is 1. The standard InChI is InChI=1S/C25H27N3O2/c1-2-10-23(29)28(19-20-11-5-3-6-12-20)24(22-14-7-4-8-15-22)25(30)27-18-21-13-9-16-26-17-21/h3-9,11-17,24H,2,10,18-19H2,1H3,(H,27,30)/t24-/m0/s1. The number of carbonyl (C=O) groups is 2. The van der Waals surface area contributed by atoms with Gasteiger partial charge in [-0.25, -0.2) is 0 Å². The Balaban J connectivity index is 1.90. The SMILES string of the molecule is CCCC(=O)N(Cc1ccccc1)[C@H](C(=O)NCc1cccnc1)c1ccccc1. The van der Waals surface area contributed by atoms with E-state index in [0.717, 1.165) is 23.1 Å². The fourth-order valence-electron chi connectivity index (χ4n) is 3.36. The zero-order valence-electron chi connectivity index (χ0n) is 17.2. The number of rotatable bonds is 9. The lowest BCUT2D eigenvalue weighted by molar-refractivity contribution is -0.141. The number of amides is 2. The van der Waals surface area contributed by atoms with E-state index in [1.165, 1.54) is 0 Å². The van der Waals surface area contributed by atoms with Gasteiger partial charge in [0.15, 0.2) is 0 Å². The van der Waals surface area contributed by atoms with Crippen LogP contribution in [0.1, 0.15) is 42.5 Å². The molecule has 0 bridgehead atoms. The summed E-state index contributed by atoms with van der Waals surface area (Å²) in [7, 11) is 0. The molecule has 0 unspecified atom stereocenters. The third kappa shape index (κ3) is 5.77. The molecule has 5 nitrogen and oxygen atoms in total. The summed E-state index contributed by atoms with van der Waals surface area (Å²) in [6, 6.07) is 22.3. The fourth-order valence-corrected chi connectivity index (χ4v) is 3.36. The molecular weight excluding hydrogens is 374 g/mol. The minimum Gasteiger partial charge on any atom is -0.350 e. The summed E-state index contributed by atoms with van der Waals surface area (Å²) in [4.78, 5) is 32.2. The highest BCUT2D eigenvalue weighted by Gasteiger charge is 2.30. The molecule has 3 rings (SSSR count). The molecule has 1 N–H and O–H groups in total. The van der Waals surface area contributed by atoms with E-state index in [0.29, 0.717) is 19.5 Å². The quantitative estimate of drug-likeness (QED) is 0.582. The van der Waals surface area contributed by atoms with Crippen LogP contribution in [0.4, 0.5) is 0 Å². The highest BCUT2D eigenvalue weighted by atomic mass is 16.2. The molecule has 0 saturated carbocycles. The summed E-state index contributed by atoms with van der Waals surface area (Å²) < 4.78 is 0. The van der Waals surface area contributed by atoms with Crippen molar-refractivity contribution < 1.29 is 9.59 Å². The number of nitrogens with one attached hydrogen (secondary N) is 1. The van der Waals surface area contributed by atoms with Crippen molar-refractivity contribution in [3.05, 3.63) is 102 Å². The van der Waals surface area contributed by atoms with Gasteiger partial charge in [-0.05, 0) is 29.2 Å². The number of carbonyl (C=O) groups excluding carboxylic acids is 2. The van der Waals surface area contributed by atoms with E-state index in [1.54, 1.807) is 17.3 Å². The molecule has 1 heterocycles. The van der Waals surface area contributed by atoms with Crippen molar-refractivity contribution in [1.29, 1.82) is 0 Å². The Morgan fingerprint density at radius 3 is 2.23 bits per heavy atom. The molecule has 0 aliphatic heterocycles. The van der Waals surface area contributed by atoms with Gasteiger partial charge in [0, 0.05) is 31.9 Å². The van der Waals surface area contributed by atoms with E-state index in [2.05, 4.69) is 10.3 Å². The van der Waals surface area contributed by atoms with Crippen molar-refractivity contribution >= 4 is 11.8 Å². The Hall–Kier alpha value is -3.47. The first-order chi connectivity index (χ1) is 14.7. The van der Waals surface area contributed by atoms with Gasteiger partial charge >= 0.3 is 0 Å². The minimum atomic E-state index is -0.706. The third-order valence-corrected chi connectivity index (χ3v) is 4.84. The number of hydrogen-bond donors (Lipinski definition) is 1. The van der Waals surface area contributed by atoms with Crippen molar-refractivity contribution in [2.45, 2.75) is 38.9 Å². The molecule has 0 radical (unpaired) electrons. The first-order valence-electron chi connectivity index (χ1n) is 10.2. The number of benzene rings is 2. The Morgan fingerprint density at radius 1 is 0.933 bits per heavy atom. The maximum atomic E-state index is 13.3. The maximum absolute atomic E-state index is 13.3. The second-order valence-electron chi connectivity index (χ2n) is 7.15. The largest absolute Gasteiger partial charge is 0.350 e. The molecule has 2 aromatic carbocycles. The molecule has 0 fully saturated rings. The summed E-state index contributed by atoms with van der Waals surface area (Å²) in [5.41, 5.74) is 2.69. The molecule has 5 heteroatoms. The zero-order chi connectivity index (χ0) is 21.2. The minimum absolute atomic E-state index is 0.0354. The Labute approximate surface area is 177 Å². The van der Waals surface area contributed by atoms with Crippen LogP contribution < -0.4 is 5.32 Å². The van der Waals surface area contributed by atoms with Crippen LogP contribution in [-0.2, 0) is 22.7 Å². The van der Waals surface area contributed by atoms with Gasteiger partial charge in [-0.15, -0.1) is 0 Å². The highest BCUT2D eigenvalue weighted by Crippen LogP contribution is 2.25. The van der Waals surface area contributed by atoms with Crippen LogP contribution in [0.5, 0.6) is 0 Å². The van der Waals surface area contributed by atoms with E-state index in [1.807, 2.05) is 79.7 Å². The fraction of sp³-hybridized carbons (Fsp3) is 0.240. The highest BCUT2D eigenvalue weighted by molar-refractivity contribution is 5.88. The molecular formula is C25H27N3O2. The summed E-state index contributed by atoms with van der Waals surface area (Å²) in [6.07, 6.45) is 4.54. The van der Waals surface area contributed by atoms with E-state index < -0.39 is 6.04 Å². The summed E-state index contributed by atoms with van der Waals surface area (Å²) in [6.45, 7) is 2.70. The molecule has 0 spiro atoms. The van der Waals surface area contributed by atoms with Gasteiger partial charge in [-0.2, -0.15) is 0 Å². The average molecular weight is 402 g/mol. The second-order valence-corrected chi connectivity index (χ2v) is 7.15. The molecule has 0 aliphatic rings. The molecule has 3 aromatic rings.